The second-order valence-electron chi connectivity index (χ2n) is 7.17. The van der Waals surface area contributed by atoms with Gasteiger partial charge in [-0.15, -0.1) is 0 Å². The van der Waals surface area contributed by atoms with E-state index in [1.165, 1.54) is 0 Å². The number of amides is 2. The molecule has 1 aliphatic heterocycles. The van der Waals surface area contributed by atoms with Crippen molar-refractivity contribution in [2.45, 2.75) is 13.0 Å². The lowest BCUT2D eigenvalue weighted by Crippen LogP contribution is -2.40. The lowest BCUT2D eigenvalue weighted by atomic mass is 10.1. The largest absolute Gasteiger partial charge is 0.465 e. The van der Waals surface area contributed by atoms with Crippen molar-refractivity contribution in [3.05, 3.63) is 48.3 Å². The van der Waals surface area contributed by atoms with Crippen LogP contribution in [0.2, 0.25) is 0 Å². The third kappa shape index (κ3) is 5.10. The van der Waals surface area contributed by atoms with Crippen LogP contribution in [0.3, 0.4) is 0 Å². The number of carbonyl (C=O) groups excluding carboxylic acids is 1. The quantitative estimate of drug-likeness (QED) is 0.498. The fraction of sp³-hybridized carbons (Fsp3) is 0.333. The molecule has 10 heteroatoms. The number of aromatic nitrogens is 3. The van der Waals surface area contributed by atoms with Crippen LogP contribution >= 0.6 is 0 Å². The molecular weight excluding hydrogens is 400 g/mol. The van der Waals surface area contributed by atoms with Gasteiger partial charge in [0.15, 0.2) is 0 Å². The van der Waals surface area contributed by atoms with Crippen LogP contribution in [-0.2, 0) is 11.3 Å². The Morgan fingerprint density at radius 1 is 1.13 bits per heavy atom. The zero-order valence-electron chi connectivity index (χ0n) is 17.0. The Morgan fingerprint density at radius 3 is 2.65 bits per heavy atom. The molecule has 31 heavy (non-hydrogen) atoms. The number of hydrogen-bond donors (Lipinski definition) is 3. The van der Waals surface area contributed by atoms with E-state index in [0.717, 1.165) is 16.7 Å². The summed E-state index contributed by atoms with van der Waals surface area (Å²) >= 11 is 0. The van der Waals surface area contributed by atoms with E-state index in [4.69, 9.17) is 9.84 Å². The van der Waals surface area contributed by atoms with Gasteiger partial charge in [-0.2, -0.15) is 4.98 Å². The number of carbonyl (C=O) groups is 2. The van der Waals surface area contributed by atoms with Crippen LogP contribution < -0.4 is 10.6 Å². The highest BCUT2D eigenvalue weighted by Gasteiger charge is 2.18. The van der Waals surface area contributed by atoms with Gasteiger partial charge >= 0.3 is 6.09 Å². The minimum absolute atomic E-state index is 0.00253. The summed E-state index contributed by atoms with van der Waals surface area (Å²) in [7, 11) is 0. The van der Waals surface area contributed by atoms with Gasteiger partial charge in [-0.1, -0.05) is 0 Å². The fourth-order valence-corrected chi connectivity index (χ4v) is 3.43. The predicted molar refractivity (Wildman–Crippen MR) is 115 cm³/mol. The lowest BCUT2D eigenvalue weighted by molar-refractivity contribution is 0.0303. The number of aryl methyl sites for hydroxylation is 1. The van der Waals surface area contributed by atoms with Gasteiger partial charge in [0, 0.05) is 55.2 Å². The molecule has 162 valence electrons. The second kappa shape index (κ2) is 9.43. The van der Waals surface area contributed by atoms with Gasteiger partial charge in [0.2, 0.25) is 5.95 Å². The number of benzene rings is 1. The number of fused-ring (bicyclic) bond motifs is 1. The zero-order chi connectivity index (χ0) is 21.6. The van der Waals surface area contributed by atoms with Crippen LogP contribution in [0, 0.1) is 0 Å². The van der Waals surface area contributed by atoms with Crippen molar-refractivity contribution >= 4 is 34.7 Å². The highest BCUT2D eigenvalue weighted by atomic mass is 16.5. The summed E-state index contributed by atoms with van der Waals surface area (Å²) in [6.45, 7) is 3.38. The van der Waals surface area contributed by atoms with Gasteiger partial charge in [0.25, 0.3) is 5.91 Å². The Hall–Kier alpha value is -3.66. The molecule has 4 rings (SSSR count). The first-order chi connectivity index (χ1) is 15.1. The Morgan fingerprint density at radius 2 is 1.90 bits per heavy atom. The van der Waals surface area contributed by atoms with Crippen molar-refractivity contribution in [3.63, 3.8) is 0 Å². The van der Waals surface area contributed by atoms with Crippen molar-refractivity contribution in [2.75, 3.05) is 38.2 Å². The van der Waals surface area contributed by atoms with Crippen molar-refractivity contribution in [1.29, 1.82) is 0 Å². The number of morpholine rings is 1. The first-order valence-corrected chi connectivity index (χ1v) is 10.1. The molecule has 0 radical (unpaired) electrons. The third-order valence-corrected chi connectivity index (χ3v) is 5.04. The predicted octanol–water partition coefficient (Wildman–Crippen LogP) is 2.30. The lowest BCUT2D eigenvalue weighted by Gasteiger charge is -2.26. The van der Waals surface area contributed by atoms with Gasteiger partial charge in [0.1, 0.15) is 5.65 Å². The zero-order valence-corrected chi connectivity index (χ0v) is 17.0. The van der Waals surface area contributed by atoms with Gasteiger partial charge in [0.05, 0.1) is 13.2 Å². The van der Waals surface area contributed by atoms with E-state index < -0.39 is 6.09 Å². The monoisotopic (exact) mass is 424 g/mol. The van der Waals surface area contributed by atoms with Crippen molar-refractivity contribution in [3.8, 4) is 0 Å². The van der Waals surface area contributed by atoms with Gasteiger partial charge in [-0.3, -0.25) is 4.79 Å². The minimum atomic E-state index is -1.02. The summed E-state index contributed by atoms with van der Waals surface area (Å²) in [6.07, 6.45) is 3.29. The molecule has 0 saturated carbocycles. The van der Waals surface area contributed by atoms with Crippen LogP contribution in [0.25, 0.3) is 11.0 Å². The van der Waals surface area contributed by atoms with E-state index in [-0.39, 0.29) is 5.91 Å². The smallest absolute Gasteiger partial charge is 0.404 e. The molecule has 1 saturated heterocycles. The van der Waals surface area contributed by atoms with Crippen LogP contribution in [-0.4, -0.2) is 69.4 Å². The van der Waals surface area contributed by atoms with E-state index in [1.807, 2.05) is 29.0 Å². The Labute approximate surface area is 178 Å². The topological polar surface area (TPSA) is 122 Å². The molecular formula is C21H24N6O4. The summed E-state index contributed by atoms with van der Waals surface area (Å²) in [5.41, 5.74) is 2.18. The first-order valence-electron chi connectivity index (χ1n) is 10.1. The molecule has 3 aromatic rings. The van der Waals surface area contributed by atoms with Crippen LogP contribution in [0.5, 0.6) is 0 Å². The van der Waals surface area contributed by atoms with Crippen molar-refractivity contribution in [1.82, 2.24) is 24.8 Å². The Bertz CT molecular complexity index is 1060. The number of nitrogens with zero attached hydrogens (tertiary/aromatic N) is 4. The van der Waals surface area contributed by atoms with E-state index in [1.54, 1.807) is 23.2 Å². The summed E-state index contributed by atoms with van der Waals surface area (Å²) in [6, 6.07) is 9.17. The summed E-state index contributed by atoms with van der Waals surface area (Å²) in [5.74, 6) is 0.450. The Kier molecular flexibility index (Phi) is 6.27. The van der Waals surface area contributed by atoms with Crippen molar-refractivity contribution in [2.24, 2.45) is 0 Å². The maximum Gasteiger partial charge on any atom is 0.404 e. The molecule has 0 aliphatic carbocycles. The minimum Gasteiger partial charge on any atom is -0.465 e. The molecule has 0 spiro atoms. The molecule has 0 atom stereocenters. The number of nitrogens with one attached hydrogen (secondary N) is 2. The second-order valence-corrected chi connectivity index (χ2v) is 7.17. The average molecular weight is 424 g/mol. The highest BCUT2D eigenvalue weighted by Crippen LogP contribution is 2.19. The molecule has 1 aliphatic rings. The first kappa shape index (κ1) is 20.6. The SMILES string of the molecule is O=C(O)NCCCn1ccc2cnc(Nc3ccc(C(=O)N4CCOCC4)cc3)nc21. The van der Waals surface area contributed by atoms with Crippen molar-refractivity contribution < 1.29 is 19.4 Å². The van der Waals surface area contributed by atoms with Crippen LogP contribution in [0.4, 0.5) is 16.4 Å². The number of hydrogen-bond acceptors (Lipinski definition) is 6. The van der Waals surface area contributed by atoms with Gasteiger partial charge < -0.3 is 29.9 Å². The normalized spacial score (nSPS) is 13.9. The van der Waals surface area contributed by atoms with E-state index in [9.17, 15) is 9.59 Å². The number of anilines is 2. The molecule has 2 aromatic heterocycles. The maximum absolute atomic E-state index is 12.6. The number of carboxylic acid groups (broad SMARTS) is 1. The third-order valence-electron chi connectivity index (χ3n) is 5.04. The molecule has 2 amide bonds. The van der Waals surface area contributed by atoms with Crippen LogP contribution in [0.15, 0.2) is 42.7 Å². The molecule has 0 bridgehead atoms. The van der Waals surface area contributed by atoms with Crippen LogP contribution in [0.1, 0.15) is 16.8 Å². The van der Waals surface area contributed by atoms with E-state index in [2.05, 4.69) is 20.6 Å². The standard InChI is InChI=1S/C21H24N6O4/c28-19(27-10-12-31-13-11-27)15-2-4-17(5-3-15)24-20-23-14-16-6-9-26(18(16)25-20)8-1-7-22-21(29)30/h2-6,9,14,22H,1,7-8,10-13H2,(H,29,30)(H,23,24,25). The summed E-state index contributed by atoms with van der Waals surface area (Å²) in [5, 5.41) is 15.1. The molecule has 0 unspecified atom stereocenters. The average Bonchev–Trinajstić information content (AvgIpc) is 3.19. The van der Waals surface area contributed by atoms with E-state index >= 15 is 0 Å². The number of rotatable bonds is 7. The molecule has 3 N–H and O–H groups in total. The molecule has 3 heterocycles. The van der Waals surface area contributed by atoms with E-state index in [0.29, 0.717) is 57.3 Å². The van der Waals surface area contributed by atoms with Gasteiger partial charge in [-0.25, -0.2) is 9.78 Å². The Balaban J connectivity index is 1.41. The van der Waals surface area contributed by atoms with Gasteiger partial charge in [-0.05, 0) is 36.8 Å². The maximum atomic E-state index is 12.6. The summed E-state index contributed by atoms with van der Waals surface area (Å²) < 4.78 is 7.26. The summed E-state index contributed by atoms with van der Waals surface area (Å²) in [4.78, 5) is 33.8. The fourth-order valence-electron chi connectivity index (χ4n) is 3.43. The highest BCUT2D eigenvalue weighted by molar-refractivity contribution is 5.94. The molecule has 10 nitrogen and oxygen atoms in total. The molecule has 1 aromatic carbocycles. The number of ether oxygens (including phenoxy) is 1. The molecule has 1 fully saturated rings.